The van der Waals surface area contributed by atoms with E-state index in [1.807, 2.05) is 0 Å². The Hall–Kier alpha value is 0.927. The average Bonchev–Trinajstić information content (AvgIpc) is 2.42. The predicted molar refractivity (Wildman–Crippen MR) is 90.9 cm³/mol. The van der Waals surface area contributed by atoms with E-state index in [1.165, 1.54) is 0 Å². The van der Waals surface area contributed by atoms with Gasteiger partial charge in [0.1, 0.15) is 0 Å². The Morgan fingerprint density at radius 2 is 1.10 bits per heavy atom. The van der Waals surface area contributed by atoms with Crippen LogP contribution in [0.5, 0.6) is 0 Å². The molecule has 0 saturated carbocycles. The van der Waals surface area contributed by atoms with Crippen molar-refractivity contribution in [3.05, 3.63) is 0 Å². The molecule has 0 aromatic heterocycles. The van der Waals surface area contributed by atoms with Gasteiger partial charge in [0.15, 0.2) is 0 Å². The number of rotatable bonds is 16. The van der Waals surface area contributed by atoms with E-state index in [4.69, 9.17) is 52.2 Å². The average molecular weight is 382 g/mol. The van der Waals surface area contributed by atoms with Crippen LogP contribution in [-0.4, -0.2) is 59.4 Å². The Kier molecular flexibility index (Phi) is 16.5. The van der Waals surface area contributed by atoms with Crippen LogP contribution in [0.4, 0.5) is 0 Å². The van der Waals surface area contributed by atoms with Gasteiger partial charge >= 0.3 is 6.00 Å². The van der Waals surface area contributed by atoms with Crippen LogP contribution in [-0.2, 0) is 18.9 Å². The molecule has 0 atom stereocenters. The van der Waals surface area contributed by atoms with Crippen LogP contribution in [0.15, 0.2) is 0 Å². The zero-order valence-electron chi connectivity index (χ0n) is 12.8. The fourth-order valence-corrected chi connectivity index (χ4v) is 3.42. The summed E-state index contributed by atoms with van der Waals surface area (Å²) in [5.41, 5.74) is 0. The standard InChI is InChI=1S/C13H27Cl3O4Si/c1-17-7-8-19-11-12-20-10-9-18-6-4-2-3-5-13-21(14,15)16/h2-13H2,1H3. The molecule has 0 amide bonds. The monoisotopic (exact) mass is 380 g/mol. The molecule has 0 heterocycles. The minimum atomic E-state index is -2.41. The van der Waals surface area contributed by atoms with Gasteiger partial charge in [0, 0.05) is 13.7 Å². The van der Waals surface area contributed by atoms with Crippen LogP contribution >= 0.6 is 33.2 Å². The fraction of sp³-hybridized carbons (Fsp3) is 1.00. The van der Waals surface area contributed by atoms with E-state index in [0.717, 1.165) is 38.3 Å². The van der Waals surface area contributed by atoms with Crippen LogP contribution < -0.4 is 0 Å². The first kappa shape index (κ1) is 21.9. The van der Waals surface area contributed by atoms with Crippen molar-refractivity contribution in [1.82, 2.24) is 0 Å². The number of hydrogen-bond donors (Lipinski definition) is 0. The Morgan fingerprint density at radius 3 is 1.62 bits per heavy atom. The summed E-state index contributed by atoms with van der Waals surface area (Å²) in [6, 6.07) is -1.66. The van der Waals surface area contributed by atoms with Crippen molar-refractivity contribution in [2.24, 2.45) is 0 Å². The van der Waals surface area contributed by atoms with Crippen molar-refractivity contribution in [2.75, 3.05) is 53.4 Å². The van der Waals surface area contributed by atoms with Crippen molar-refractivity contribution >= 4 is 39.2 Å². The lowest BCUT2D eigenvalue weighted by atomic mass is 10.2. The fourth-order valence-electron chi connectivity index (χ4n) is 1.57. The molecule has 128 valence electrons. The molecule has 0 fully saturated rings. The lowest BCUT2D eigenvalue weighted by Gasteiger charge is -2.08. The minimum absolute atomic E-state index is 0.591. The number of unbranched alkanes of at least 4 members (excludes halogenated alkanes) is 3. The topological polar surface area (TPSA) is 36.9 Å². The molecular weight excluding hydrogens is 355 g/mol. The van der Waals surface area contributed by atoms with Gasteiger partial charge in [-0.15, -0.1) is 33.2 Å². The third-order valence-corrected chi connectivity index (χ3v) is 5.30. The van der Waals surface area contributed by atoms with E-state index >= 15 is 0 Å². The molecule has 0 aliphatic carbocycles. The van der Waals surface area contributed by atoms with Gasteiger partial charge in [-0.25, -0.2) is 0 Å². The number of ether oxygens (including phenoxy) is 4. The quantitative estimate of drug-likeness (QED) is 0.231. The first-order valence-corrected chi connectivity index (χ1v) is 12.6. The summed E-state index contributed by atoms with van der Waals surface area (Å²) in [7, 11) is 1.65. The van der Waals surface area contributed by atoms with E-state index in [0.29, 0.717) is 39.6 Å². The molecule has 0 rings (SSSR count). The van der Waals surface area contributed by atoms with Crippen molar-refractivity contribution < 1.29 is 18.9 Å². The molecule has 0 aliphatic rings. The zero-order chi connectivity index (χ0) is 15.8. The minimum Gasteiger partial charge on any atom is -0.382 e. The highest BCUT2D eigenvalue weighted by atomic mass is 35.8. The summed E-state index contributed by atoms with van der Waals surface area (Å²) in [5.74, 6) is 0. The van der Waals surface area contributed by atoms with Crippen molar-refractivity contribution in [1.29, 1.82) is 0 Å². The predicted octanol–water partition coefficient (Wildman–Crippen LogP) is 3.90. The van der Waals surface area contributed by atoms with Gasteiger partial charge in [0.05, 0.1) is 39.6 Å². The Balaban J connectivity index is 3.00. The molecule has 0 aromatic carbocycles. The first-order chi connectivity index (χ1) is 10.1. The van der Waals surface area contributed by atoms with Gasteiger partial charge < -0.3 is 18.9 Å². The summed E-state index contributed by atoms with van der Waals surface area (Å²) in [4.78, 5) is 0. The molecule has 8 heteroatoms. The Morgan fingerprint density at radius 1 is 0.619 bits per heavy atom. The first-order valence-electron chi connectivity index (χ1n) is 7.35. The molecule has 0 N–H and O–H groups in total. The molecule has 0 saturated heterocycles. The molecule has 0 aromatic rings. The van der Waals surface area contributed by atoms with Crippen LogP contribution in [0.2, 0.25) is 6.04 Å². The van der Waals surface area contributed by atoms with E-state index in [-0.39, 0.29) is 0 Å². The second kappa shape index (κ2) is 15.8. The Bertz CT molecular complexity index is 218. The maximum absolute atomic E-state index is 5.81. The molecular formula is C13H27Cl3O4Si. The van der Waals surface area contributed by atoms with Crippen LogP contribution in [0.3, 0.4) is 0 Å². The van der Waals surface area contributed by atoms with Crippen molar-refractivity contribution in [3.8, 4) is 0 Å². The summed E-state index contributed by atoms with van der Waals surface area (Å²) < 4.78 is 21.0. The highest BCUT2D eigenvalue weighted by Crippen LogP contribution is 2.27. The van der Waals surface area contributed by atoms with Gasteiger partial charge in [-0.05, 0) is 12.5 Å². The molecule has 0 bridgehead atoms. The second-order valence-electron chi connectivity index (χ2n) is 4.61. The lowest BCUT2D eigenvalue weighted by molar-refractivity contribution is 0.00324. The van der Waals surface area contributed by atoms with Gasteiger partial charge in [0.25, 0.3) is 0 Å². The molecule has 0 radical (unpaired) electrons. The second-order valence-corrected chi connectivity index (χ2v) is 13.9. The van der Waals surface area contributed by atoms with E-state index in [2.05, 4.69) is 0 Å². The van der Waals surface area contributed by atoms with E-state index in [9.17, 15) is 0 Å². The van der Waals surface area contributed by atoms with E-state index in [1.54, 1.807) is 7.11 Å². The normalized spacial score (nSPS) is 12.0. The van der Waals surface area contributed by atoms with E-state index < -0.39 is 6.00 Å². The highest BCUT2D eigenvalue weighted by Gasteiger charge is 2.23. The molecule has 21 heavy (non-hydrogen) atoms. The maximum Gasteiger partial charge on any atom is 0.341 e. The summed E-state index contributed by atoms with van der Waals surface area (Å²) in [5, 5.41) is 0. The lowest BCUT2D eigenvalue weighted by Crippen LogP contribution is -2.11. The summed E-state index contributed by atoms with van der Waals surface area (Å²) in [6.07, 6.45) is 4.25. The molecule has 4 nitrogen and oxygen atoms in total. The van der Waals surface area contributed by atoms with Crippen LogP contribution in [0, 0.1) is 0 Å². The number of hydrogen-bond acceptors (Lipinski definition) is 4. The number of methoxy groups -OCH3 is 1. The smallest absolute Gasteiger partial charge is 0.341 e. The van der Waals surface area contributed by atoms with Crippen molar-refractivity contribution in [3.63, 3.8) is 0 Å². The summed E-state index contributed by atoms with van der Waals surface area (Å²) in [6.45, 7) is 4.40. The zero-order valence-corrected chi connectivity index (χ0v) is 16.0. The summed E-state index contributed by atoms with van der Waals surface area (Å²) >= 11 is 17.4. The van der Waals surface area contributed by atoms with Crippen LogP contribution in [0.1, 0.15) is 25.7 Å². The van der Waals surface area contributed by atoms with Crippen LogP contribution in [0.25, 0.3) is 0 Å². The third kappa shape index (κ3) is 20.9. The third-order valence-electron chi connectivity index (χ3n) is 2.67. The number of halogens is 3. The maximum atomic E-state index is 5.81. The van der Waals surface area contributed by atoms with Gasteiger partial charge in [-0.1, -0.05) is 19.3 Å². The van der Waals surface area contributed by atoms with Gasteiger partial charge in [0.2, 0.25) is 0 Å². The SMILES string of the molecule is COCCOCCOCCOCCCCCC[Si](Cl)(Cl)Cl. The Labute approximate surface area is 143 Å². The molecule has 0 aliphatic heterocycles. The molecule has 0 spiro atoms. The highest BCUT2D eigenvalue weighted by molar-refractivity contribution is 7.64. The van der Waals surface area contributed by atoms with Gasteiger partial charge in [-0.3, -0.25) is 0 Å². The van der Waals surface area contributed by atoms with Crippen molar-refractivity contribution in [2.45, 2.75) is 31.7 Å². The molecule has 0 unspecified atom stereocenters. The largest absolute Gasteiger partial charge is 0.382 e. The van der Waals surface area contributed by atoms with Gasteiger partial charge in [-0.2, -0.15) is 0 Å².